The minimum Gasteiger partial charge on any atom is -0.497 e. The van der Waals surface area contributed by atoms with Crippen molar-refractivity contribution in [3.63, 3.8) is 0 Å². The van der Waals surface area contributed by atoms with E-state index in [0.717, 1.165) is 5.92 Å². The average Bonchev–Trinajstić information content (AvgIpc) is 2.72. The fraction of sp³-hybridized carbons (Fsp3) is 0.364. The highest BCUT2D eigenvalue weighted by atomic mass is 16.5. The van der Waals surface area contributed by atoms with Crippen molar-refractivity contribution < 1.29 is 24.4 Å². The van der Waals surface area contributed by atoms with E-state index in [4.69, 9.17) is 14.8 Å². The van der Waals surface area contributed by atoms with Gasteiger partial charge >= 0.3 is 7.12 Å². The van der Waals surface area contributed by atoms with Gasteiger partial charge in [-0.3, -0.25) is 9.59 Å². The van der Waals surface area contributed by atoms with Gasteiger partial charge in [-0.25, -0.2) is 0 Å². The van der Waals surface area contributed by atoms with Gasteiger partial charge in [0.05, 0.1) is 26.0 Å². The summed E-state index contributed by atoms with van der Waals surface area (Å²) in [6.45, 7) is 6.50. The first-order valence-corrected chi connectivity index (χ1v) is 9.85. The third kappa shape index (κ3) is 10.1. The van der Waals surface area contributed by atoms with E-state index in [1.807, 2.05) is 6.07 Å². The molecule has 0 fully saturated rings. The third-order valence-corrected chi connectivity index (χ3v) is 3.71. The summed E-state index contributed by atoms with van der Waals surface area (Å²) in [5.74, 6) is 0.709. The molecule has 162 valence electrons. The SMILES string of the molecule is CC(C)C.COc1cccc(C(CC(=O)NCB(O)O)NC(=O)c2ccccc2)c1. The minimum atomic E-state index is -1.63. The second-order valence-electron chi connectivity index (χ2n) is 7.39. The van der Waals surface area contributed by atoms with E-state index < -0.39 is 19.1 Å². The maximum atomic E-state index is 12.5. The van der Waals surface area contributed by atoms with Crippen molar-refractivity contribution in [1.29, 1.82) is 0 Å². The quantitative estimate of drug-likeness (QED) is 0.496. The van der Waals surface area contributed by atoms with Gasteiger partial charge in [-0.1, -0.05) is 51.1 Å². The molecule has 2 aromatic rings. The molecule has 0 aliphatic rings. The Morgan fingerprint density at radius 3 is 2.23 bits per heavy atom. The molecule has 2 rings (SSSR count). The highest BCUT2D eigenvalue weighted by Crippen LogP contribution is 2.22. The molecule has 0 radical (unpaired) electrons. The fourth-order valence-corrected chi connectivity index (χ4v) is 2.40. The Kier molecular flexibility index (Phi) is 11.3. The molecule has 0 saturated heterocycles. The van der Waals surface area contributed by atoms with Crippen LogP contribution in [-0.2, 0) is 4.79 Å². The second kappa shape index (κ2) is 13.4. The molecule has 2 aromatic carbocycles. The van der Waals surface area contributed by atoms with Crippen molar-refractivity contribution in [1.82, 2.24) is 10.6 Å². The van der Waals surface area contributed by atoms with Crippen LogP contribution in [0.2, 0.25) is 0 Å². The first-order valence-electron chi connectivity index (χ1n) is 9.85. The van der Waals surface area contributed by atoms with E-state index in [1.165, 1.54) is 7.11 Å². The monoisotopic (exact) mass is 414 g/mol. The van der Waals surface area contributed by atoms with Crippen LogP contribution in [-0.4, -0.2) is 42.5 Å². The molecule has 1 atom stereocenters. The molecule has 8 heteroatoms. The summed E-state index contributed by atoms with van der Waals surface area (Å²) in [6, 6.07) is 15.1. The molecule has 30 heavy (non-hydrogen) atoms. The summed E-state index contributed by atoms with van der Waals surface area (Å²) in [6.07, 6.45) is -0.339. The molecular weight excluding hydrogens is 383 g/mol. The molecule has 0 aromatic heterocycles. The zero-order chi connectivity index (χ0) is 22.5. The molecule has 0 heterocycles. The van der Waals surface area contributed by atoms with Crippen LogP contribution >= 0.6 is 0 Å². The highest BCUT2D eigenvalue weighted by molar-refractivity contribution is 6.41. The number of amides is 2. The Morgan fingerprint density at radius 2 is 1.67 bits per heavy atom. The van der Waals surface area contributed by atoms with E-state index in [2.05, 4.69) is 31.4 Å². The van der Waals surface area contributed by atoms with Gasteiger partial charge in [0, 0.05) is 5.56 Å². The average molecular weight is 414 g/mol. The van der Waals surface area contributed by atoms with Crippen molar-refractivity contribution >= 4 is 18.9 Å². The Bertz CT molecular complexity index is 781. The summed E-state index contributed by atoms with van der Waals surface area (Å²) >= 11 is 0. The third-order valence-electron chi connectivity index (χ3n) is 3.71. The van der Waals surface area contributed by atoms with Crippen LogP contribution in [0.15, 0.2) is 54.6 Å². The molecular formula is C22H31BN2O5. The van der Waals surface area contributed by atoms with Gasteiger partial charge in [0.2, 0.25) is 5.91 Å². The number of methoxy groups -OCH3 is 1. The molecule has 0 spiro atoms. The van der Waals surface area contributed by atoms with Crippen molar-refractivity contribution in [3.8, 4) is 5.75 Å². The van der Waals surface area contributed by atoms with Gasteiger partial charge in [0.1, 0.15) is 5.75 Å². The number of carbonyl (C=O) groups is 2. The van der Waals surface area contributed by atoms with E-state index >= 15 is 0 Å². The number of benzene rings is 2. The second-order valence-corrected chi connectivity index (χ2v) is 7.39. The topological polar surface area (TPSA) is 108 Å². The van der Waals surface area contributed by atoms with Crippen LogP contribution in [0.25, 0.3) is 0 Å². The van der Waals surface area contributed by atoms with Crippen LogP contribution in [0, 0.1) is 5.92 Å². The molecule has 2 amide bonds. The van der Waals surface area contributed by atoms with E-state index in [9.17, 15) is 9.59 Å². The lowest BCUT2D eigenvalue weighted by atomic mass is 9.92. The molecule has 0 aliphatic heterocycles. The highest BCUT2D eigenvalue weighted by Gasteiger charge is 2.20. The summed E-state index contributed by atoms with van der Waals surface area (Å²) in [5, 5.41) is 23.0. The Hall–Kier alpha value is -2.84. The maximum Gasteiger partial charge on any atom is 0.472 e. The van der Waals surface area contributed by atoms with Gasteiger partial charge in [-0.2, -0.15) is 0 Å². The minimum absolute atomic E-state index is 0.0571. The van der Waals surface area contributed by atoms with Gasteiger partial charge in [-0.05, 0) is 35.7 Å². The Balaban J connectivity index is 0.00000103. The number of hydrogen-bond donors (Lipinski definition) is 4. The lowest BCUT2D eigenvalue weighted by Gasteiger charge is -2.20. The van der Waals surface area contributed by atoms with E-state index in [1.54, 1.807) is 48.5 Å². The van der Waals surface area contributed by atoms with Gasteiger partial charge in [0.25, 0.3) is 5.91 Å². The zero-order valence-corrected chi connectivity index (χ0v) is 18.0. The predicted octanol–water partition coefficient (Wildman–Crippen LogP) is 2.35. The molecule has 4 N–H and O–H groups in total. The Morgan fingerprint density at radius 1 is 1.03 bits per heavy atom. The van der Waals surface area contributed by atoms with Gasteiger partial charge in [0.15, 0.2) is 0 Å². The standard InChI is InChI=1S/C18H21BN2O5.C4H10/c1-26-15-9-5-8-14(10-15)16(11-17(22)20-12-19(24)25)21-18(23)13-6-3-2-4-7-13;1-4(2)3/h2-10,16,24-25H,11-12H2,1H3,(H,20,22)(H,21,23);4H,1-3H3. The number of carbonyl (C=O) groups excluding carboxylic acids is 2. The number of nitrogens with one attached hydrogen (secondary N) is 2. The van der Waals surface area contributed by atoms with Crippen molar-refractivity contribution in [2.75, 3.05) is 13.6 Å². The normalized spacial score (nSPS) is 11.0. The van der Waals surface area contributed by atoms with E-state index in [0.29, 0.717) is 16.9 Å². The van der Waals surface area contributed by atoms with Crippen molar-refractivity contribution in [2.24, 2.45) is 5.92 Å². The van der Waals surface area contributed by atoms with Crippen LogP contribution in [0.3, 0.4) is 0 Å². The molecule has 0 bridgehead atoms. The summed E-state index contributed by atoms with van der Waals surface area (Å²) in [5.41, 5.74) is 1.18. The zero-order valence-electron chi connectivity index (χ0n) is 18.0. The molecule has 0 aliphatic carbocycles. The van der Waals surface area contributed by atoms with Crippen LogP contribution in [0.1, 0.15) is 49.2 Å². The van der Waals surface area contributed by atoms with Crippen LogP contribution in [0.4, 0.5) is 0 Å². The summed E-state index contributed by atoms with van der Waals surface area (Å²) in [7, 11) is -0.0976. The first-order chi connectivity index (χ1) is 14.2. The predicted molar refractivity (Wildman–Crippen MR) is 118 cm³/mol. The van der Waals surface area contributed by atoms with Gasteiger partial charge < -0.3 is 25.4 Å². The lowest BCUT2D eigenvalue weighted by molar-refractivity contribution is -0.121. The van der Waals surface area contributed by atoms with Crippen molar-refractivity contribution in [2.45, 2.75) is 33.2 Å². The number of rotatable bonds is 8. The number of hydrogen-bond acceptors (Lipinski definition) is 5. The molecule has 7 nitrogen and oxygen atoms in total. The summed E-state index contributed by atoms with van der Waals surface area (Å²) < 4.78 is 5.20. The lowest BCUT2D eigenvalue weighted by Crippen LogP contribution is -2.38. The van der Waals surface area contributed by atoms with Crippen LogP contribution < -0.4 is 15.4 Å². The smallest absolute Gasteiger partial charge is 0.472 e. The molecule has 0 saturated carbocycles. The maximum absolute atomic E-state index is 12.5. The summed E-state index contributed by atoms with van der Waals surface area (Å²) in [4.78, 5) is 24.6. The van der Waals surface area contributed by atoms with Gasteiger partial charge in [-0.15, -0.1) is 0 Å². The first kappa shape index (κ1) is 25.2. The fourth-order valence-electron chi connectivity index (χ4n) is 2.40. The largest absolute Gasteiger partial charge is 0.497 e. The Labute approximate surface area is 178 Å². The molecule has 1 unspecified atom stereocenters. The number of ether oxygens (including phenoxy) is 1. The van der Waals surface area contributed by atoms with Crippen LogP contribution in [0.5, 0.6) is 5.75 Å². The van der Waals surface area contributed by atoms with E-state index in [-0.39, 0.29) is 18.8 Å². The van der Waals surface area contributed by atoms with Crippen molar-refractivity contribution in [3.05, 3.63) is 65.7 Å².